The van der Waals surface area contributed by atoms with Gasteiger partial charge in [-0.05, 0) is 38.8 Å². The molecule has 1 aromatic rings. The van der Waals surface area contributed by atoms with Crippen LogP contribution in [0.15, 0.2) is 12.3 Å². The van der Waals surface area contributed by atoms with Gasteiger partial charge in [0.25, 0.3) is 0 Å². The van der Waals surface area contributed by atoms with Crippen LogP contribution >= 0.6 is 0 Å². The van der Waals surface area contributed by atoms with E-state index in [2.05, 4.69) is 30.5 Å². The smallest absolute Gasteiger partial charge is 0.0492 e. The molecule has 0 spiro atoms. The Balaban J connectivity index is 2.14. The first-order chi connectivity index (χ1) is 7.77. The van der Waals surface area contributed by atoms with Crippen LogP contribution in [0, 0.1) is 0 Å². The molecule has 1 atom stereocenters. The molecule has 0 amide bonds. The van der Waals surface area contributed by atoms with Crippen molar-refractivity contribution in [3.8, 4) is 0 Å². The van der Waals surface area contributed by atoms with Crippen LogP contribution < -0.4 is 5.32 Å². The van der Waals surface area contributed by atoms with Crippen molar-refractivity contribution in [2.45, 2.75) is 51.5 Å². The van der Waals surface area contributed by atoms with Crippen molar-refractivity contribution in [1.82, 2.24) is 15.1 Å². The molecule has 0 aliphatic rings. The summed E-state index contributed by atoms with van der Waals surface area (Å²) in [5, 5.41) is 7.57. The summed E-state index contributed by atoms with van der Waals surface area (Å²) in [5.41, 5.74) is 1.34. The van der Waals surface area contributed by atoms with E-state index in [-0.39, 0.29) is 0 Å². The van der Waals surface area contributed by atoms with Crippen molar-refractivity contribution in [3.63, 3.8) is 0 Å². The van der Waals surface area contributed by atoms with Crippen molar-refractivity contribution in [2.24, 2.45) is 7.05 Å². The molecular weight excluding hydrogens is 198 g/mol. The van der Waals surface area contributed by atoms with Gasteiger partial charge in [-0.25, -0.2) is 0 Å². The minimum atomic E-state index is 0.705. The second kappa shape index (κ2) is 7.44. The molecule has 0 aromatic carbocycles. The Kier molecular flexibility index (Phi) is 6.16. The van der Waals surface area contributed by atoms with E-state index in [0.29, 0.717) is 6.04 Å². The topological polar surface area (TPSA) is 29.9 Å². The van der Waals surface area contributed by atoms with Gasteiger partial charge in [0.1, 0.15) is 0 Å². The number of aryl methyl sites for hydroxylation is 2. The summed E-state index contributed by atoms with van der Waals surface area (Å²) in [5.74, 6) is 0. The Morgan fingerprint density at radius 2 is 2.19 bits per heavy atom. The number of nitrogens with zero attached hydrogens (tertiary/aromatic N) is 2. The lowest BCUT2D eigenvalue weighted by atomic mass is 10.0. The Labute approximate surface area is 99.2 Å². The number of unbranched alkanes of at least 4 members (excludes halogenated alkanes) is 1. The van der Waals surface area contributed by atoms with Crippen molar-refractivity contribution >= 4 is 0 Å². The van der Waals surface area contributed by atoms with Crippen LogP contribution in [0.4, 0.5) is 0 Å². The number of hydrogen-bond acceptors (Lipinski definition) is 2. The lowest BCUT2D eigenvalue weighted by molar-refractivity contribution is 0.460. The Hall–Kier alpha value is -0.830. The Morgan fingerprint density at radius 1 is 1.38 bits per heavy atom. The lowest BCUT2D eigenvalue weighted by Crippen LogP contribution is -2.24. The summed E-state index contributed by atoms with van der Waals surface area (Å²) in [6, 6.07) is 2.82. The molecule has 0 radical (unpaired) electrons. The van der Waals surface area contributed by atoms with E-state index in [0.717, 1.165) is 6.42 Å². The highest BCUT2D eigenvalue weighted by molar-refractivity contribution is 4.99. The van der Waals surface area contributed by atoms with Gasteiger partial charge in [-0.1, -0.05) is 19.8 Å². The fraction of sp³-hybridized carbons (Fsp3) is 0.769. The van der Waals surface area contributed by atoms with Crippen LogP contribution in [0.3, 0.4) is 0 Å². The maximum atomic E-state index is 4.18. The van der Waals surface area contributed by atoms with Gasteiger partial charge in [0.15, 0.2) is 0 Å². The molecule has 0 saturated carbocycles. The quantitative estimate of drug-likeness (QED) is 0.686. The maximum absolute atomic E-state index is 4.18. The summed E-state index contributed by atoms with van der Waals surface area (Å²) in [6.07, 6.45) is 9.46. The number of rotatable bonds is 8. The zero-order valence-corrected chi connectivity index (χ0v) is 10.9. The zero-order chi connectivity index (χ0) is 11.8. The van der Waals surface area contributed by atoms with Crippen LogP contribution in [0.5, 0.6) is 0 Å². The molecule has 1 aromatic heterocycles. The van der Waals surface area contributed by atoms with Crippen molar-refractivity contribution in [3.05, 3.63) is 18.0 Å². The van der Waals surface area contributed by atoms with Gasteiger partial charge >= 0.3 is 0 Å². The van der Waals surface area contributed by atoms with E-state index in [1.54, 1.807) is 0 Å². The fourth-order valence-electron chi connectivity index (χ4n) is 2.12. The van der Waals surface area contributed by atoms with Gasteiger partial charge in [-0.2, -0.15) is 5.10 Å². The summed E-state index contributed by atoms with van der Waals surface area (Å²) in [6.45, 7) is 2.25. The van der Waals surface area contributed by atoms with Crippen molar-refractivity contribution < 1.29 is 0 Å². The second-order valence-electron chi connectivity index (χ2n) is 4.47. The van der Waals surface area contributed by atoms with Crippen LogP contribution in [-0.4, -0.2) is 22.9 Å². The number of nitrogens with one attached hydrogen (secondary N) is 1. The predicted molar refractivity (Wildman–Crippen MR) is 68.5 cm³/mol. The SMILES string of the molecule is CCCC(CCCCc1ccnn1C)NC. The van der Waals surface area contributed by atoms with Crippen LogP contribution in [0.2, 0.25) is 0 Å². The molecular formula is C13H25N3. The van der Waals surface area contributed by atoms with Gasteiger partial charge in [0.2, 0.25) is 0 Å². The number of aromatic nitrogens is 2. The molecule has 3 nitrogen and oxygen atoms in total. The first-order valence-corrected chi connectivity index (χ1v) is 6.42. The minimum absolute atomic E-state index is 0.705. The normalized spacial score (nSPS) is 12.9. The highest BCUT2D eigenvalue weighted by atomic mass is 15.2. The van der Waals surface area contributed by atoms with Crippen LogP contribution in [-0.2, 0) is 13.5 Å². The molecule has 3 heteroatoms. The highest BCUT2D eigenvalue weighted by Crippen LogP contribution is 2.09. The average molecular weight is 223 g/mol. The van der Waals surface area contributed by atoms with Crippen LogP contribution in [0.1, 0.15) is 44.7 Å². The fourth-order valence-corrected chi connectivity index (χ4v) is 2.12. The van der Waals surface area contributed by atoms with Gasteiger partial charge in [-0.15, -0.1) is 0 Å². The van der Waals surface area contributed by atoms with Crippen LogP contribution in [0.25, 0.3) is 0 Å². The lowest BCUT2D eigenvalue weighted by Gasteiger charge is -2.14. The van der Waals surface area contributed by atoms with E-state index in [4.69, 9.17) is 0 Å². The zero-order valence-electron chi connectivity index (χ0n) is 10.9. The highest BCUT2D eigenvalue weighted by Gasteiger charge is 2.04. The first-order valence-electron chi connectivity index (χ1n) is 6.42. The van der Waals surface area contributed by atoms with E-state index in [1.807, 2.05) is 17.9 Å². The molecule has 92 valence electrons. The maximum Gasteiger partial charge on any atom is 0.0492 e. The summed E-state index contributed by atoms with van der Waals surface area (Å²) in [7, 11) is 4.09. The molecule has 1 N–H and O–H groups in total. The van der Waals surface area contributed by atoms with E-state index < -0.39 is 0 Å². The predicted octanol–water partition coefficient (Wildman–Crippen LogP) is 2.52. The minimum Gasteiger partial charge on any atom is -0.317 e. The van der Waals surface area contributed by atoms with Crippen molar-refractivity contribution in [2.75, 3.05) is 7.05 Å². The molecule has 0 fully saturated rings. The Morgan fingerprint density at radius 3 is 2.75 bits per heavy atom. The molecule has 0 saturated heterocycles. The summed E-state index contributed by atoms with van der Waals surface area (Å²) in [4.78, 5) is 0. The van der Waals surface area contributed by atoms with E-state index in [9.17, 15) is 0 Å². The first kappa shape index (κ1) is 13.2. The third-order valence-electron chi connectivity index (χ3n) is 3.20. The largest absolute Gasteiger partial charge is 0.317 e. The molecule has 16 heavy (non-hydrogen) atoms. The standard InChI is InChI=1S/C13H25N3/c1-4-7-12(14-2)8-5-6-9-13-10-11-15-16(13)3/h10-12,14H,4-9H2,1-3H3. The van der Waals surface area contributed by atoms with Gasteiger partial charge in [0.05, 0.1) is 0 Å². The molecule has 0 aliphatic heterocycles. The Bertz CT molecular complexity index is 280. The van der Waals surface area contributed by atoms with E-state index in [1.165, 1.54) is 37.8 Å². The molecule has 1 unspecified atom stereocenters. The monoisotopic (exact) mass is 223 g/mol. The molecule has 1 rings (SSSR count). The summed E-state index contributed by atoms with van der Waals surface area (Å²) < 4.78 is 1.97. The molecule has 0 bridgehead atoms. The van der Waals surface area contributed by atoms with Gasteiger partial charge in [-0.3, -0.25) is 4.68 Å². The summed E-state index contributed by atoms with van der Waals surface area (Å²) >= 11 is 0. The molecule has 1 heterocycles. The van der Waals surface area contributed by atoms with Gasteiger partial charge in [0, 0.05) is 25.0 Å². The average Bonchev–Trinajstić information content (AvgIpc) is 2.69. The third kappa shape index (κ3) is 4.35. The van der Waals surface area contributed by atoms with Crippen molar-refractivity contribution in [1.29, 1.82) is 0 Å². The van der Waals surface area contributed by atoms with Gasteiger partial charge < -0.3 is 5.32 Å². The third-order valence-corrected chi connectivity index (χ3v) is 3.20. The molecule has 0 aliphatic carbocycles. The second-order valence-corrected chi connectivity index (χ2v) is 4.47. The van der Waals surface area contributed by atoms with E-state index >= 15 is 0 Å². The number of hydrogen-bond donors (Lipinski definition) is 1.